The molecule has 0 saturated carbocycles. The van der Waals surface area contributed by atoms with Gasteiger partial charge < -0.3 is 29.3 Å². The van der Waals surface area contributed by atoms with Gasteiger partial charge in [-0.2, -0.15) is 0 Å². The molecule has 0 aliphatic heterocycles. The number of nitrogens with zero attached hydrogens (tertiary/aromatic N) is 1. The van der Waals surface area contributed by atoms with Crippen LogP contribution in [0.15, 0.2) is 12.2 Å². The van der Waals surface area contributed by atoms with Crippen LogP contribution < -0.4 is 5.11 Å². The predicted molar refractivity (Wildman–Crippen MR) is 88.3 cm³/mol. The quantitative estimate of drug-likeness (QED) is 0.263. The van der Waals surface area contributed by atoms with Gasteiger partial charge in [-0.05, 0) is 19.3 Å². The van der Waals surface area contributed by atoms with E-state index in [4.69, 9.17) is 9.84 Å². The summed E-state index contributed by atoms with van der Waals surface area (Å²) in [7, 11) is 5.60. The molecule has 0 saturated heterocycles. The van der Waals surface area contributed by atoms with Crippen molar-refractivity contribution in [2.24, 2.45) is 0 Å². The van der Waals surface area contributed by atoms with Crippen LogP contribution >= 0.6 is 0 Å². The average molecular weight is 359 g/mol. The Kier molecular flexibility index (Phi) is 10.7. The van der Waals surface area contributed by atoms with Gasteiger partial charge in [0.05, 0.1) is 33.7 Å². The highest BCUT2D eigenvalue weighted by Crippen LogP contribution is 2.10. The highest BCUT2D eigenvalue weighted by Gasteiger charge is 2.22. The molecule has 0 aromatic heterocycles. The number of aliphatic hydroxyl groups is 1. The Bertz CT molecular complexity index is 468. The number of quaternary nitrogens is 1. The molecule has 25 heavy (non-hydrogen) atoms. The van der Waals surface area contributed by atoms with E-state index in [0.29, 0.717) is 30.3 Å². The molecule has 0 aliphatic carbocycles. The Labute approximate surface area is 148 Å². The number of carboxylic acid groups (broad SMARTS) is 2. The number of carbonyl (C=O) groups is 3. The topological polar surface area (TPSA) is 124 Å². The molecular weight excluding hydrogens is 330 g/mol. The van der Waals surface area contributed by atoms with E-state index < -0.39 is 30.1 Å². The second-order valence-electron chi connectivity index (χ2n) is 7.01. The normalized spacial score (nSPS) is 14.2. The zero-order chi connectivity index (χ0) is 19.5. The van der Waals surface area contributed by atoms with Gasteiger partial charge in [-0.15, -0.1) is 0 Å². The Morgan fingerprint density at radius 1 is 1.20 bits per heavy atom. The van der Waals surface area contributed by atoms with Crippen LogP contribution in [-0.4, -0.2) is 72.5 Å². The minimum Gasteiger partial charge on any atom is -0.550 e. The van der Waals surface area contributed by atoms with E-state index in [9.17, 15) is 24.6 Å². The van der Waals surface area contributed by atoms with Gasteiger partial charge >= 0.3 is 11.9 Å². The number of rotatable bonds is 13. The zero-order valence-electron chi connectivity index (χ0n) is 15.1. The van der Waals surface area contributed by atoms with Crippen molar-refractivity contribution in [1.82, 2.24) is 0 Å². The van der Waals surface area contributed by atoms with E-state index in [2.05, 4.69) is 0 Å². The molecule has 2 N–H and O–H groups in total. The summed E-state index contributed by atoms with van der Waals surface area (Å²) in [5.74, 6) is -2.71. The van der Waals surface area contributed by atoms with Gasteiger partial charge in [0.2, 0.25) is 0 Å². The number of hydrogen-bond acceptors (Lipinski definition) is 6. The van der Waals surface area contributed by atoms with Gasteiger partial charge in [-0.1, -0.05) is 12.2 Å². The first kappa shape index (κ1) is 23.1. The lowest BCUT2D eigenvalue weighted by Gasteiger charge is -2.29. The number of esters is 1. The molecular formula is C17H29NO7. The lowest BCUT2D eigenvalue weighted by Crippen LogP contribution is -2.45. The predicted octanol–water partition coefficient (Wildman–Crippen LogP) is -0.303. The van der Waals surface area contributed by atoms with E-state index in [1.165, 1.54) is 6.08 Å². The average Bonchev–Trinajstić information content (AvgIpc) is 2.40. The first-order valence-corrected chi connectivity index (χ1v) is 8.24. The van der Waals surface area contributed by atoms with E-state index >= 15 is 0 Å². The van der Waals surface area contributed by atoms with Gasteiger partial charge in [0, 0.05) is 18.8 Å². The maximum atomic E-state index is 11.8. The van der Waals surface area contributed by atoms with Crippen molar-refractivity contribution in [1.29, 1.82) is 0 Å². The van der Waals surface area contributed by atoms with Crippen LogP contribution in [-0.2, 0) is 19.1 Å². The minimum absolute atomic E-state index is 0.0800. The fourth-order valence-electron chi connectivity index (χ4n) is 2.22. The third-order valence-corrected chi connectivity index (χ3v) is 3.23. The van der Waals surface area contributed by atoms with Crippen molar-refractivity contribution in [3.63, 3.8) is 0 Å². The summed E-state index contributed by atoms with van der Waals surface area (Å²) >= 11 is 0. The molecule has 2 unspecified atom stereocenters. The number of aliphatic hydroxyl groups excluding tert-OH is 1. The van der Waals surface area contributed by atoms with Crippen molar-refractivity contribution in [2.75, 3.05) is 27.7 Å². The number of carboxylic acids is 2. The molecule has 0 fully saturated rings. The van der Waals surface area contributed by atoms with Crippen LogP contribution in [0.1, 0.15) is 38.5 Å². The first-order chi connectivity index (χ1) is 11.5. The zero-order valence-corrected chi connectivity index (χ0v) is 15.1. The highest BCUT2D eigenvalue weighted by molar-refractivity contribution is 5.71. The second-order valence-corrected chi connectivity index (χ2v) is 7.01. The third kappa shape index (κ3) is 15.3. The Morgan fingerprint density at radius 3 is 2.36 bits per heavy atom. The molecule has 0 aromatic carbocycles. The largest absolute Gasteiger partial charge is 0.550 e. The third-order valence-electron chi connectivity index (χ3n) is 3.23. The molecule has 0 amide bonds. The minimum atomic E-state index is -1.27. The maximum absolute atomic E-state index is 11.8. The van der Waals surface area contributed by atoms with Crippen LogP contribution in [0.3, 0.4) is 0 Å². The Hall–Kier alpha value is -1.93. The summed E-state index contributed by atoms with van der Waals surface area (Å²) in [5, 5.41) is 29.0. The monoisotopic (exact) mass is 359 g/mol. The van der Waals surface area contributed by atoms with Crippen molar-refractivity contribution >= 4 is 17.9 Å². The van der Waals surface area contributed by atoms with E-state index in [-0.39, 0.29) is 19.3 Å². The highest BCUT2D eigenvalue weighted by atomic mass is 16.5. The molecule has 0 rings (SSSR count). The summed E-state index contributed by atoms with van der Waals surface area (Å²) in [6.45, 7) is 0.358. The molecule has 0 heterocycles. The van der Waals surface area contributed by atoms with Crippen LogP contribution in [0.2, 0.25) is 0 Å². The van der Waals surface area contributed by atoms with Crippen molar-refractivity contribution in [3.8, 4) is 0 Å². The van der Waals surface area contributed by atoms with Crippen LogP contribution in [0, 0.1) is 0 Å². The smallest absolute Gasteiger partial charge is 0.307 e. The standard InChI is InChI=1S/C17H29NO7/c1-18(2,3)12-14(11-16(22)23)25-17(24)10-6-8-13(19)7-4-5-9-15(20)21/h4-5,13-14,19H,6-12H2,1-3H3,(H-,20,21,22,23)/b5-4+. The summed E-state index contributed by atoms with van der Waals surface area (Å²) in [6, 6.07) is 0. The molecule has 8 nitrogen and oxygen atoms in total. The van der Waals surface area contributed by atoms with Gasteiger partial charge in [0.1, 0.15) is 6.54 Å². The molecule has 8 heteroatoms. The molecule has 0 radical (unpaired) electrons. The van der Waals surface area contributed by atoms with Crippen LogP contribution in [0.25, 0.3) is 0 Å². The van der Waals surface area contributed by atoms with E-state index in [0.717, 1.165) is 0 Å². The number of aliphatic carboxylic acids is 2. The van der Waals surface area contributed by atoms with Crippen LogP contribution in [0.4, 0.5) is 0 Å². The fourth-order valence-corrected chi connectivity index (χ4v) is 2.22. The SMILES string of the molecule is C[N+](C)(C)CC(CC(=O)[O-])OC(=O)CCCC(O)C/C=C/CC(=O)O. The van der Waals surface area contributed by atoms with Crippen molar-refractivity contribution in [2.45, 2.75) is 50.7 Å². The van der Waals surface area contributed by atoms with Gasteiger partial charge in [0.15, 0.2) is 6.10 Å². The number of hydrogen-bond donors (Lipinski definition) is 2. The fraction of sp³-hybridized carbons (Fsp3) is 0.706. The van der Waals surface area contributed by atoms with Crippen molar-refractivity contribution < 1.29 is 38.9 Å². The molecule has 144 valence electrons. The summed E-state index contributed by atoms with van der Waals surface area (Å²) in [5.41, 5.74) is 0. The van der Waals surface area contributed by atoms with E-state index in [1.807, 2.05) is 21.1 Å². The summed E-state index contributed by atoms with van der Waals surface area (Å²) in [4.78, 5) is 32.9. The number of ether oxygens (including phenoxy) is 1. The Balaban J connectivity index is 4.15. The molecule has 0 aliphatic rings. The molecule has 2 atom stereocenters. The Morgan fingerprint density at radius 2 is 1.84 bits per heavy atom. The molecule has 0 aromatic rings. The second kappa shape index (κ2) is 11.6. The first-order valence-electron chi connectivity index (χ1n) is 8.24. The van der Waals surface area contributed by atoms with E-state index in [1.54, 1.807) is 6.08 Å². The van der Waals surface area contributed by atoms with Crippen molar-refractivity contribution in [3.05, 3.63) is 12.2 Å². The summed E-state index contributed by atoms with van der Waals surface area (Å²) in [6.07, 6.45) is 2.37. The summed E-state index contributed by atoms with van der Waals surface area (Å²) < 4.78 is 5.66. The number of carbonyl (C=O) groups excluding carboxylic acids is 2. The maximum Gasteiger partial charge on any atom is 0.307 e. The lowest BCUT2D eigenvalue weighted by atomic mass is 10.1. The number of likely N-dealkylation sites (N-methyl/N-ethyl adjacent to an activating group) is 1. The lowest BCUT2D eigenvalue weighted by molar-refractivity contribution is -0.873. The van der Waals surface area contributed by atoms with Gasteiger partial charge in [-0.3, -0.25) is 9.59 Å². The van der Waals surface area contributed by atoms with Gasteiger partial charge in [0.25, 0.3) is 0 Å². The van der Waals surface area contributed by atoms with Crippen LogP contribution in [0.5, 0.6) is 0 Å². The molecule has 0 spiro atoms. The molecule has 0 bridgehead atoms. The van der Waals surface area contributed by atoms with Gasteiger partial charge in [-0.25, -0.2) is 0 Å².